The van der Waals surface area contributed by atoms with Gasteiger partial charge in [-0.15, -0.1) is 0 Å². The van der Waals surface area contributed by atoms with Gasteiger partial charge in [0.05, 0.1) is 5.60 Å². The van der Waals surface area contributed by atoms with Gasteiger partial charge in [0.1, 0.15) is 5.69 Å². The standard InChI is InChI=1S/C10H15BrN2O2/c1-3-10(2,15)6-13-9(14)8-4-7(11)5-12-8/h4-5,12,15H,3,6H2,1-2H3,(H,13,14). The van der Waals surface area contributed by atoms with Gasteiger partial charge in [0.15, 0.2) is 0 Å². The number of rotatable bonds is 4. The first-order chi connectivity index (χ1) is 6.94. The Kier molecular flexibility index (Phi) is 3.93. The Balaban J connectivity index is 2.50. The highest BCUT2D eigenvalue weighted by Gasteiger charge is 2.19. The lowest BCUT2D eigenvalue weighted by atomic mass is 10.0. The zero-order valence-corrected chi connectivity index (χ0v) is 10.4. The molecule has 0 saturated heterocycles. The van der Waals surface area contributed by atoms with Gasteiger partial charge >= 0.3 is 0 Å². The van der Waals surface area contributed by atoms with Gasteiger partial charge in [-0.1, -0.05) is 6.92 Å². The zero-order chi connectivity index (χ0) is 11.5. The molecule has 1 aromatic rings. The SMILES string of the molecule is CCC(C)(O)CNC(=O)c1cc(Br)c[nH]1. The third-order valence-corrected chi connectivity index (χ3v) is 2.74. The van der Waals surface area contributed by atoms with Crippen molar-refractivity contribution in [2.75, 3.05) is 6.54 Å². The van der Waals surface area contributed by atoms with E-state index in [4.69, 9.17) is 0 Å². The number of H-pyrrole nitrogens is 1. The van der Waals surface area contributed by atoms with E-state index in [1.54, 1.807) is 19.2 Å². The summed E-state index contributed by atoms with van der Waals surface area (Å²) < 4.78 is 0.829. The summed E-state index contributed by atoms with van der Waals surface area (Å²) in [4.78, 5) is 14.4. The molecular formula is C10H15BrN2O2. The normalized spacial score (nSPS) is 14.7. The number of carbonyl (C=O) groups is 1. The molecule has 0 spiro atoms. The second-order valence-corrected chi connectivity index (χ2v) is 4.68. The van der Waals surface area contributed by atoms with Crippen molar-refractivity contribution in [1.82, 2.24) is 10.3 Å². The Labute approximate surface area is 97.2 Å². The zero-order valence-electron chi connectivity index (χ0n) is 8.80. The maximum Gasteiger partial charge on any atom is 0.267 e. The number of halogens is 1. The first kappa shape index (κ1) is 12.3. The number of amides is 1. The van der Waals surface area contributed by atoms with Crippen molar-refractivity contribution in [3.8, 4) is 0 Å². The van der Waals surface area contributed by atoms with E-state index < -0.39 is 5.60 Å². The van der Waals surface area contributed by atoms with E-state index in [0.29, 0.717) is 12.1 Å². The van der Waals surface area contributed by atoms with Crippen molar-refractivity contribution in [3.05, 3.63) is 22.4 Å². The van der Waals surface area contributed by atoms with Crippen molar-refractivity contribution in [2.45, 2.75) is 25.9 Å². The number of nitrogens with one attached hydrogen (secondary N) is 2. The fourth-order valence-electron chi connectivity index (χ4n) is 0.990. The molecular weight excluding hydrogens is 260 g/mol. The first-order valence-corrected chi connectivity index (χ1v) is 5.58. The predicted molar refractivity (Wildman–Crippen MR) is 61.7 cm³/mol. The molecule has 5 heteroatoms. The second kappa shape index (κ2) is 4.81. The highest BCUT2D eigenvalue weighted by molar-refractivity contribution is 9.10. The van der Waals surface area contributed by atoms with E-state index in [1.165, 1.54) is 0 Å². The molecule has 1 amide bonds. The average molecular weight is 275 g/mol. The lowest BCUT2D eigenvalue weighted by Gasteiger charge is -2.21. The van der Waals surface area contributed by atoms with Gasteiger partial charge in [-0.25, -0.2) is 0 Å². The molecule has 1 heterocycles. The van der Waals surface area contributed by atoms with Crippen LogP contribution in [0.5, 0.6) is 0 Å². The van der Waals surface area contributed by atoms with Crippen LogP contribution in [0.4, 0.5) is 0 Å². The third kappa shape index (κ3) is 3.68. The van der Waals surface area contributed by atoms with Gasteiger partial charge in [0.25, 0.3) is 5.91 Å². The van der Waals surface area contributed by atoms with E-state index in [-0.39, 0.29) is 12.5 Å². The van der Waals surface area contributed by atoms with Crippen molar-refractivity contribution in [1.29, 1.82) is 0 Å². The van der Waals surface area contributed by atoms with Crippen molar-refractivity contribution >= 4 is 21.8 Å². The summed E-state index contributed by atoms with van der Waals surface area (Å²) in [6.45, 7) is 3.81. The lowest BCUT2D eigenvalue weighted by Crippen LogP contribution is -2.40. The van der Waals surface area contributed by atoms with Crippen LogP contribution in [0.2, 0.25) is 0 Å². The highest BCUT2D eigenvalue weighted by Crippen LogP contribution is 2.11. The lowest BCUT2D eigenvalue weighted by molar-refractivity contribution is 0.0517. The molecule has 0 aliphatic rings. The molecule has 1 atom stereocenters. The second-order valence-electron chi connectivity index (χ2n) is 3.76. The van der Waals surface area contributed by atoms with Crippen LogP contribution in [-0.2, 0) is 0 Å². The highest BCUT2D eigenvalue weighted by atomic mass is 79.9. The minimum absolute atomic E-state index is 0.213. The molecule has 0 aromatic carbocycles. The van der Waals surface area contributed by atoms with E-state index in [9.17, 15) is 9.90 Å². The van der Waals surface area contributed by atoms with Crippen molar-refractivity contribution in [3.63, 3.8) is 0 Å². The smallest absolute Gasteiger partial charge is 0.267 e. The summed E-state index contributed by atoms with van der Waals surface area (Å²) in [7, 11) is 0. The van der Waals surface area contributed by atoms with Gasteiger partial charge in [-0.3, -0.25) is 4.79 Å². The van der Waals surface area contributed by atoms with Crippen LogP contribution in [-0.4, -0.2) is 28.1 Å². The summed E-state index contributed by atoms with van der Waals surface area (Å²) >= 11 is 3.24. The van der Waals surface area contributed by atoms with Crippen LogP contribution >= 0.6 is 15.9 Å². The molecule has 4 nitrogen and oxygen atoms in total. The Morgan fingerprint density at radius 1 is 1.73 bits per heavy atom. The van der Waals surface area contributed by atoms with Gasteiger partial charge < -0.3 is 15.4 Å². The largest absolute Gasteiger partial charge is 0.388 e. The fourth-order valence-corrected chi connectivity index (χ4v) is 1.33. The van der Waals surface area contributed by atoms with Gasteiger partial charge in [-0.2, -0.15) is 0 Å². The van der Waals surface area contributed by atoms with Crippen LogP contribution in [0.3, 0.4) is 0 Å². The first-order valence-electron chi connectivity index (χ1n) is 4.79. The summed E-state index contributed by atoms with van der Waals surface area (Å²) in [6, 6.07) is 1.69. The van der Waals surface area contributed by atoms with Gasteiger partial charge in [0.2, 0.25) is 0 Å². The molecule has 0 aliphatic heterocycles. The van der Waals surface area contributed by atoms with Crippen LogP contribution in [0.1, 0.15) is 30.8 Å². The molecule has 0 bridgehead atoms. The number of aromatic nitrogens is 1. The van der Waals surface area contributed by atoms with E-state index in [0.717, 1.165) is 4.47 Å². The summed E-state index contributed by atoms with van der Waals surface area (Å²) in [5, 5.41) is 12.4. The Bertz CT molecular complexity index is 347. The molecule has 84 valence electrons. The van der Waals surface area contributed by atoms with E-state index in [1.807, 2.05) is 6.92 Å². The van der Waals surface area contributed by atoms with Gasteiger partial charge in [0, 0.05) is 17.2 Å². The molecule has 0 aliphatic carbocycles. The number of hydrogen-bond acceptors (Lipinski definition) is 2. The number of aromatic amines is 1. The maximum absolute atomic E-state index is 11.5. The van der Waals surface area contributed by atoms with E-state index >= 15 is 0 Å². The molecule has 1 rings (SSSR count). The Morgan fingerprint density at radius 2 is 2.40 bits per heavy atom. The predicted octanol–water partition coefficient (Wildman–Crippen LogP) is 1.67. The summed E-state index contributed by atoms with van der Waals surface area (Å²) in [5.74, 6) is -0.213. The quantitative estimate of drug-likeness (QED) is 0.782. The van der Waals surface area contributed by atoms with Crippen LogP contribution in [0, 0.1) is 0 Å². The average Bonchev–Trinajstić information content (AvgIpc) is 2.61. The number of carbonyl (C=O) groups excluding carboxylic acids is 1. The van der Waals surface area contributed by atoms with Crippen molar-refractivity contribution in [2.24, 2.45) is 0 Å². The maximum atomic E-state index is 11.5. The molecule has 15 heavy (non-hydrogen) atoms. The van der Waals surface area contributed by atoms with Gasteiger partial charge in [-0.05, 0) is 35.3 Å². The molecule has 0 saturated carbocycles. The minimum Gasteiger partial charge on any atom is -0.388 e. The number of aliphatic hydroxyl groups is 1. The molecule has 0 fully saturated rings. The topological polar surface area (TPSA) is 65.1 Å². The molecule has 3 N–H and O–H groups in total. The Hall–Kier alpha value is -0.810. The fraction of sp³-hybridized carbons (Fsp3) is 0.500. The van der Waals surface area contributed by atoms with E-state index in [2.05, 4.69) is 26.2 Å². The Morgan fingerprint density at radius 3 is 2.87 bits per heavy atom. The monoisotopic (exact) mass is 274 g/mol. The summed E-state index contributed by atoms with van der Waals surface area (Å²) in [5.41, 5.74) is -0.367. The minimum atomic E-state index is -0.848. The third-order valence-electron chi connectivity index (χ3n) is 2.28. The van der Waals surface area contributed by atoms with Crippen LogP contribution in [0.25, 0.3) is 0 Å². The molecule has 1 aromatic heterocycles. The van der Waals surface area contributed by atoms with Crippen LogP contribution < -0.4 is 5.32 Å². The molecule has 0 radical (unpaired) electrons. The van der Waals surface area contributed by atoms with Crippen molar-refractivity contribution < 1.29 is 9.90 Å². The molecule has 1 unspecified atom stereocenters. The summed E-state index contributed by atoms with van der Waals surface area (Å²) in [6.07, 6.45) is 2.29. The van der Waals surface area contributed by atoms with Crippen LogP contribution in [0.15, 0.2) is 16.7 Å². The number of hydrogen-bond donors (Lipinski definition) is 3.